The maximum atomic E-state index is 9.94. The Morgan fingerprint density at radius 2 is 1.94 bits per heavy atom. The van der Waals surface area contributed by atoms with Crippen LogP contribution < -0.4 is 5.73 Å². The molecule has 3 heteroatoms. The fourth-order valence-electron chi connectivity index (χ4n) is 3.61. The van der Waals surface area contributed by atoms with E-state index in [1.807, 2.05) is 6.07 Å². The Balaban J connectivity index is 1.68. The Hall–Kier alpha value is -0.900. The van der Waals surface area contributed by atoms with Gasteiger partial charge in [-0.3, -0.25) is 4.90 Å². The van der Waals surface area contributed by atoms with Crippen LogP contribution in [0.25, 0.3) is 0 Å². The molecule has 2 fully saturated rings. The summed E-state index contributed by atoms with van der Waals surface area (Å²) in [7, 11) is 0. The molecule has 0 radical (unpaired) electrons. The lowest BCUT2D eigenvalue weighted by Gasteiger charge is -2.19. The van der Waals surface area contributed by atoms with Gasteiger partial charge in [-0.15, -0.1) is 0 Å². The molecule has 0 bridgehead atoms. The Bertz CT molecular complexity index is 421. The molecule has 3 rings (SSSR count). The molecule has 18 heavy (non-hydrogen) atoms. The van der Waals surface area contributed by atoms with Gasteiger partial charge in [-0.05, 0) is 29.9 Å². The predicted octanol–water partition coefficient (Wildman–Crippen LogP) is 1.35. The zero-order valence-electron chi connectivity index (χ0n) is 10.8. The third-order valence-corrected chi connectivity index (χ3v) is 4.63. The second kappa shape index (κ2) is 5.00. The zero-order chi connectivity index (χ0) is 12.5. The van der Waals surface area contributed by atoms with E-state index in [0.717, 1.165) is 26.1 Å². The molecule has 1 saturated heterocycles. The highest BCUT2D eigenvalue weighted by atomic mass is 16.3. The van der Waals surface area contributed by atoms with Gasteiger partial charge in [0, 0.05) is 32.1 Å². The van der Waals surface area contributed by atoms with E-state index < -0.39 is 0 Å². The summed E-state index contributed by atoms with van der Waals surface area (Å²) in [6.07, 6.45) is 2.13. The first-order valence-corrected chi connectivity index (χ1v) is 6.95. The minimum atomic E-state index is -0.0650. The second-order valence-electron chi connectivity index (χ2n) is 5.74. The van der Waals surface area contributed by atoms with Gasteiger partial charge in [0.05, 0.1) is 6.10 Å². The van der Waals surface area contributed by atoms with Gasteiger partial charge in [0.15, 0.2) is 0 Å². The lowest BCUT2D eigenvalue weighted by molar-refractivity contribution is 0.123. The van der Waals surface area contributed by atoms with Crippen molar-refractivity contribution in [3.05, 3.63) is 35.4 Å². The first kappa shape index (κ1) is 12.2. The molecule has 3 N–H and O–H groups in total. The predicted molar refractivity (Wildman–Crippen MR) is 71.8 cm³/mol. The molecule has 1 aromatic carbocycles. The highest BCUT2D eigenvalue weighted by Crippen LogP contribution is 2.38. The molecule has 98 valence electrons. The SMILES string of the molecule is NCc1ccccc1CN1CC2CCC(O)C2C1. The van der Waals surface area contributed by atoms with Crippen LogP contribution in [0.2, 0.25) is 0 Å². The number of nitrogens with two attached hydrogens (primary N) is 1. The van der Waals surface area contributed by atoms with Gasteiger partial charge in [-0.2, -0.15) is 0 Å². The molecular formula is C15H22N2O. The van der Waals surface area contributed by atoms with E-state index >= 15 is 0 Å². The molecule has 1 aliphatic carbocycles. The van der Waals surface area contributed by atoms with Crippen LogP contribution >= 0.6 is 0 Å². The average Bonchev–Trinajstić information content (AvgIpc) is 2.93. The van der Waals surface area contributed by atoms with Crippen LogP contribution in [0.4, 0.5) is 0 Å². The molecule has 1 aliphatic heterocycles. The molecule has 1 saturated carbocycles. The van der Waals surface area contributed by atoms with Crippen LogP contribution in [-0.4, -0.2) is 29.2 Å². The number of fused-ring (bicyclic) bond motifs is 1. The summed E-state index contributed by atoms with van der Waals surface area (Å²) in [6.45, 7) is 3.78. The van der Waals surface area contributed by atoms with E-state index in [1.54, 1.807) is 0 Å². The molecule has 0 amide bonds. The summed E-state index contributed by atoms with van der Waals surface area (Å²) < 4.78 is 0. The molecule has 1 aromatic rings. The number of benzene rings is 1. The summed E-state index contributed by atoms with van der Waals surface area (Å²) in [5.74, 6) is 1.22. The van der Waals surface area contributed by atoms with Crippen molar-refractivity contribution in [1.82, 2.24) is 4.90 Å². The van der Waals surface area contributed by atoms with Crippen LogP contribution in [0.1, 0.15) is 24.0 Å². The largest absolute Gasteiger partial charge is 0.393 e. The average molecular weight is 246 g/mol. The van der Waals surface area contributed by atoms with E-state index in [4.69, 9.17) is 5.73 Å². The fourth-order valence-corrected chi connectivity index (χ4v) is 3.61. The third kappa shape index (κ3) is 2.18. The van der Waals surface area contributed by atoms with Crippen LogP contribution in [0.5, 0.6) is 0 Å². The molecule has 0 aromatic heterocycles. The third-order valence-electron chi connectivity index (χ3n) is 4.63. The highest BCUT2D eigenvalue weighted by molar-refractivity contribution is 5.27. The molecular weight excluding hydrogens is 224 g/mol. The van der Waals surface area contributed by atoms with Crippen molar-refractivity contribution in [1.29, 1.82) is 0 Å². The van der Waals surface area contributed by atoms with E-state index in [2.05, 4.69) is 23.1 Å². The first-order valence-electron chi connectivity index (χ1n) is 6.95. The van der Waals surface area contributed by atoms with Crippen molar-refractivity contribution in [2.75, 3.05) is 13.1 Å². The molecule has 0 spiro atoms. The van der Waals surface area contributed by atoms with Gasteiger partial charge in [0.25, 0.3) is 0 Å². The minimum Gasteiger partial charge on any atom is -0.393 e. The Labute approximate surface area is 109 Å². The van der Waals surface area contributed by atoms with Gasteiger partial charge >= 0.3 is 0 Å². The standard InChI is InChI=1S/C15H22N2O/c16-7-11-3-1-2-4-12(11)8-17-9-13-5-6-15(18)14(13)10-17/h1-4,13-15,18H,5-10,16H2. The fraction of sp³-hybridized carbons (Fsp3) is 0.600. The van der Waals surface area contributed by atoms with Crippen molar-refractivity contribution in [3.8, 4) is 0 Å². The van der Waals surface area contributed by atoms with Crippen LogP contribution in [0.15, 0.2) is 24.3 Å². The van der Waals surface area contributed by atoms with E-state index in [0.29, 0.717) is 18.4 Å². The highest BCUT2D eigenvalue weighted by Gasteiger charge is 2.41. The Morgan fingerprint density at radius 1 is 1.17 bits per heavy atom. The van der Waals surface area contributed by atoms with Crippen molar-refractivity contribution in [3.63, 3.8) is 0 Å². The summed E-state index contributed by atoms with van der Waals surface area (Å²) >= 11 is 0. The molecule has 3 unspecified atom stereocenters. The van der Waals surface area contributed by atoms with Gasteiger partial charge in [0.2, 0.25) is 0 Å². The number of nitrogens with zero attached hydrogens (tertiary/aromatic N) is 1. The lowest BCUT2D eigenvalue weighted by Crippen LogP contribution is -2.25. The second-order valence-corrected chi connectivity index (χ2v) is 5.74. The summed E-state index contributed by atoms with van der Waals surface area (Å²) in [5, 5.41) is 9.94. The molecule has 2 aliphatic rings. The summed E-state index contributed by atoms with van der Waals surface area (Å²) in [5.41, 5.74) is 8.37. The van der Waals surface area contributed by atoms with Crippen LogP contribution in [0, 0.1) is 11.8 Å². The maximum absolute atomic E-state index is 9.94. The Kier molecular flexibility index (Phi) is 3.37. The van der Waals surface area contributed by atoms with Gasteiger partial charge < -0.3 is 10.8 Å². The quantitative estimate of drug-likeness (QED) is 0.846. The first-order chi connectivity index (χ1) is 8.78. The maximum Gasteiger partial charge on any atom is 0.0583 e. The number of aliphatic hydroxyl groups is 1. The molecule has 3 atom stereocenters. The van der Waals surface area contributed by atoms with Crippen molar-refractivity contribution in [2.45, 2.75) is 32.0 Å². The van der Waals surface area contributed by atoms with Gasteiger partial charge in [0.1, 0.15) is 0 Å². The van der Waals surface area contributed by atoms with Crippen LogP contribution in [-0.2, 0) is 13.1 Å². The van der Waals surface area contributed by atoms with E-state index in [9.17, 15) is 5.11 Å². The minimum absolute atomic E-state index is 0.0650. The van der Waals surface area contributed by atoms with Gasteiger partial charge in [-0.25, -0.2) is 0 Å². The van der Waals surface area contributed by atoms with E-state index in [-0.39, 0.29) is 6.10 Å². The number of rotatable bonds is 3. The normalized spacial score (nSPS) is 31.8. The van der Waals surface area contributed by atoms with Crippen molar-refractivity contribution >= 4 is 0 Å². The summed E-state index contributed by atoms with van der Waals surface area (Å²) in [6, 6.07) is 8.42. The monoisotopic (exact) mass is 246 g/mol. The van der Waals surface area contributed by atoms with Crippen molar-refractivity contribution < 1.29 is 5.11 Å². The molecule has 1 heterocycles. The zero-order valence-corrected chi connectivity index (χ0v) is 10.8. The van der Waals surface area contributed by atoms with Crippen molar-refractivity contribution in [2.24, 2.45) is 17.6 Å². The number of likely N-dealkylation sites (tertiary alicyclic amines) is 1. The van der Waals surface area contributed by atoms with Gasteiger partial charge in [-0.1, -0.05) is 24.3 Å². The van der Waals surface area contributed by atoms with E-state index in [1.165, 1.54) is 17.5 Å². The number of aliphatic hydroxyl groups excluding tert-OH is 1. The number of hydrogen-bond acceptors (Lipinski definition) is 3. The van der Waals surface area contributed by atoms with Crippen LogP contribution in [0.3, 0.4) is 0 Å². The number of hydrogen-bond donors (Lipinski definition) is 2. The topological polar surface area (TPSA) is 49.5 Å². The smallest absolute Gasteiger partial charge is 0.0583 e. The summed E-state index contributed by atoms with van der Waals surface area (Å²) in [4.78, 5) is 2.48. The Morgan fingerprint density at radius 3 is 2.67 bits per heavy atom. The molecule has 3 nitrogen and oxygen atoms in total. The lowest BCUT2D eigenvalue weighted by atomic mass is 10.00.